The van der Waals surface area contributed by atoms with Crippen molar-refractivity contribution in [2.45, 2.75) is 25.7 Å². The maximum absolute atomic E-state index is 5.96. The lowest BCUT2D eigenvalue weighted by atomic mass is 9.89. The Kier molecular flexibility index (Phi) is 5.72. The highest BCUT2D eigenvalue weighted by molar-refractivity contribution is 14.0. The van der Waals surface area contributed by atoms with Crippen LogP contribution in [0.5, 0.6) is 5.75 Å². The van der Waals surface area contributed by atoms with Crippen molar-refractivity contribution in [1.82, 2.24) is 0 Å². The number of nitrogens with zero attached hydrogens (tertiary/aromatic N) is 1. The van der Waals surface area contributed by atoms with Crippen molar-refractivity contribution in [3.05, 3.63) is 24.3 Å². The van der Waals surface area contributed by atoms with Crippen LogP contribution < -0.4 is 15.8 Å². The largest absolute Gasteiger partial charge is 0.497 e. The Labute approximate surface area is 143 Å². The second kappa shape index (κ2) is 7.33. The molecule has 4 nitrogen and oxygen atoms in total. The normalized spacial score (nSPS) is 27.3. The molecule has 116 valence electrons. The minimum Gasteiger partial charge on any atom is -0.497 e. The first kappa shape index (κ1) is 16.4. The fraction of sp³-hybridized carbons (Fsp3) is 0.562. The Balaban J connectivity index is 0.00000161. The Morgan fingerprint density at radius 1 is 1.29 bits per heavy atom. The van der Waals surface area contributed by atoms with E-state index in [0.29, 0.717) is 5.96 Å². The molecule has 3 atom stereocenters. The van der Waals surface area contributed by atoms with Crippen LogP contribution in [-0.2, 0) is 0 Å². The fourth-order valence-electron chi connectivity index (χ4n) is 3.68. The van der Waals surface area contributed by atoms with Crippen molar-refractivity contribution in [3.8, 4) is 5.75 Å². The van der Waals surface area contributed by atoms with Gasteiger partial charge in [-0.15, -0.1) is 24.0 Å². The Morgan fingerprint density at radius 2 is 2.05 bits per heavy atom. The van der Waals surface area contributed by atoms with Crippen LogP contribution in [0.1, 0.15) is 25.7 Å². The highest BCUT2D eigenvalue weighted by Gasteiger charge is 2.39. The van der Waals surface area contributed by atoms with E-state index in [-0.39, 0.29) is 24.0 Å². The summed E-state index contributed by atoms with van der Waals surface area (Å²) in [6.07, 6.45) is 5.61. The summed E-state index contributed by atoms with van der Waals surface area (Å²) >= 11 is 0. The first-order valence-electron chi connectivity index (χ1n) is 7.45. The third-order valence-electron chi connectivity index (χ3n) is 4.74. The number of anilines is 1. The number of nitrogens with one attached hydrogen (secondary N) is 1. The summed E-state index contributed by atoms with van der Waals surface area (Å²) in [6.45, 7) is 0.871. The van der Waals surface area contributed by atoms with Gasteiger partial charge in [-0.2, -0.15) is 0 Å². The highest BCUT2D eigenvalue weighted by Crippen LogP contribution is 2.48. The molecule has 0 aromatic heterocycles. The molecule has 2 bridgehead atoms. The van der Waals surface area contributed by atoms with Crippen LogP contribution in [0.15, 0.2) is 29.3 Å². The molecule has 2 aliphatic carbocycles. The Hall–Kier alpha value is -0.980. The molecule has 1 aromatic rings. The molecule has 0 saturated heterocycles. The van der Waals surface area contributed by atoms with E-state index in [1.54, 1.807) is 7.11 Å². The van der Waals surface area contributed by atoms with Crippen LogP contribution >= 0.6 is 24.0 Å². The molecule has 2 fully saturated rings. The SMILES string of the molecule is COc1ccc(NC(N)=NCC2CC3CCC2C3)cc1.I. The van der Waals surface area contributed by atoms with Crippen LogP contribution in [0, 0.1) is 17.8 Å². The summed E-state index contributed by atoms with van der Waals surface area (Å²) < 4.78 is 5.13. The lowest BCUT2D eigenvalue weighted by Gasteiger charge is -2.19. The van der Waals surface area contributed by atoms with E-state index in [1.165, 1.54) is 25.7 Å². The Bertz CT molecular complexity index is 489. The maximum atomic E-state index is 5.96. The molecule has 3 unspecified atom stereocenters. The number of methoxy groups -OCH3 is 1. The lowest BCUT2D eigenvalue weighted by molar-refractivity contribution is 0.342. The molecule has 3 N–H and O–H groups in total. The standard InChI is InChI=1S/C16H23N3O.HI/c1-20-15-6-4-14(5-7-15)19-16(17)18-10-13-9-11-2-3-12(13)8-11;/h4-7,11-13H,2-3,8-10H2,1H3,(H3,17,18,19);1H. The number of nitrogens with two attached hydrogens (primary N) is 1. The number of halogens is 1. The number of aliphatic imine (C=N–C) groups is 1. The van der Waals surface area contributed by atoms with Gasteiger partial charge in [0.2, 0.25) is 0 Å². The van der Waals surface area contributed by atoms with Gasteiger partial charge >= 0.3 is 0 Å². The van der Waals surface area contributed by atoms with E-state index in [0.717, 1.165) is 35.7 Å². The van der Waals surface area contributed by atoms with Gasteiger partial charge < -0.3 is 15.8 Å². The number of fused-ring (bicyclic) bond motifs is 2. The summed E-state index contributed by atoms with van der Waals surface area (Å²) in [6, 6.07) is 7.70. The van der Waals surface area contributed by atoms with Crippen molar-refractivity contribution in [2.75, 3.05) is 19.0 Å². The third kappa shape index (κ3) is 4.02. The predicted octanol–water partition coefficient (Wildman–Crippen LogP) is 3.48. The van der Waals surface area contributed by atoms with Gasteiger partial charge in [0.15, 0.2) is 5.96 Å². The predicted molar refractivity (Wildman–Crippen MR) is 97.5 cm³/mol. The molecule has 0 aliphatic heterocycles. The minimum atomic E-state index is 0. The van der Waals surface area contributed by atoms with Gasteiger partial charge in [0, 0.05) is 12.2 Å². The van der Waals surface area contributed by atoms with Crippen LogP contribution in [-0.4, -0.2) is 19.6 Å². The second-order valence-electron chi connectivity index (χ2n) is 6.01. The summed E-state index contributed by atoms with van der Waals surface area (Å²) in [5, 5.41) is 3.13. The molecule has 1 aromatic carbocycles. The van der Waals surface area contributed by atoms with E-state index in [1.807, 2.05) is 24.3 Å². The van der Waals surface area contributed by atoms with Crippen molar-refractivity contribution in [2.24, 2.45) is 28.5 Å². The number of hydrogen-bond donors (Lipinski definition) is 2. The zero-order valence-electron chi connectivity index (χ0n) is 12.4. The van der Waals surface area contributed by atoms with Gasteiger partial charge in [0.1, 0.15) is 5.75 Å². The smallest absolute Gasteiger partial charge is 0.193 e. The van der Waals surface area contributed by atoms with E-state index < -0.39 is 0 Å². The molecule has 0 radical (unpaired) electrons. The van der Waals surface area contributed by atoms with Gasteiger partial charge in [-0.3, -0.25) is 4.99 Å². The summed E-state index contributed by atoms with van der Waals surface area (Å²) in [5.74, 6) is 3.98. The molecule has 21 heavy (non-hydrogen) atoms. The van der Waals surface area contributed by atoms with Gasteiger partial charge in [-0.05, 0) is 61.3 Å². The average Bonchev–Trinajstić information content (AvgIpc) is 3.08. The topological polar surface area (TPSA) is 59.6 Å². The highest BCUT2D eigenvalue weighted by atomic mass is 127. The fourth-order valence-corrected chi connectivity index (χ4v) is 3.68. The molecule has 3 rings (SSSR count). The van der Waals surface area contributed by atoms with Crippen LogP contribution in [0.3, 0.4) is 0 Å². The quantitative estimate of drug-likeness (QED) is 0.462. The second-order valence-corrected chi connectivity index (χ2v) is 6.01. The van der Waals surface area contributed by atoms with Crippen molar-refractivity contribution in [3.63, 3.8) is 0 Å². The van der Waals surface area contributed by atoms with Gasteiger partial charge in [0.05, 0.1) is 7.11 Å². The molecule has 0 amide bonds. The molecule has 2 saturated carbocycles. The van der Waals surface area contributed by atoms with Crippen molar-refractivity contribution in [1.29, 1.82) is 0 Å². The van der Waals surface area contributed by atoms with E-state index in [9.17, 15) is 0 Å². The van der Waals surface area contributed by atoms with Crippen LogP contribution in [0.25, 0.3) is 0 Å². The molecular weight excluding hydrogens is 377 g/mol. The van der Waals surface area contributed by atoms with Crippen molar-refractivity contribution >= 4 is 35.6 Å². The first-order chi connectivity index (χ1) is 9.74. The number of ether oxygens (including phenoxy) is 1. The number of benzene rings is 1. The van der Waals surface area contributed by atoms with Gasteiger partial charge in [-0.1, -0.05) is 6.42 Å². The number of hydrogen-bond acceptors (Lipinski definition) is 2. The van der Waals surface area contributed by atoms with Crippen molar-refractivity contribution < 1.29 is 4.74 Å². The van der Waals surface area contributed by atoms with E-state index in [2.05, 4.69) is 10.3 Å². The summed E-state index contributed by atoms with van der Waals surface area (Å²) in [7, 11) is 1.66. The molecule has 0 heterocycles. The maximum Gasteiger partial charge on any atom is 0.193 e. The molecule has 0 spiro atoms. The first-order valence-corrected chi connectivity index (χ1v) is 7.45. The van der Waals surface area contributed by atoms with E-state index in [4.69, 9.17) is 10.5 Å². The number of guanidine groups is 1. The molecular formula is C16H24IN3O. The molecule has 2 aliphatic rings. The zero-order valence-corrected chi connectivity index (χ0v) is 14.7. The minimum absolute atomic E-state index is 0. The summed E-state index contributed by atoms with van der Waals surface area (Å²) in [4.78, 5) is 4.51. The van der Waals surface area contributed by atoms with Crippen LogP contribution in [0.2, 0.25) is 0 Å². The molecule has 5 heteroatoms. The third-order valence-corrected chi connectivity index (χ3v) is 4.74. The van der Waals surface area contributed by atoms with Crippen LogP contribution in [0.4, 0.5) is 5.69 Å². The zero-order chi connectivity index (χ0) is 13.9. The Morgan fingerprint density at radius 3 is 2.62 bits per heavy atom. The van der Waals surface area contributed by atoms with Gasteiger partial charge in [0.25, 0.3) is 0 Å². The lowest BCUT2D eigenvalue weighted by Crippen LogP contribution is -2.24. The monoisotopic (exact) mass is 401 g/mol. The number of rotatable bonds is 4. The van der Waals surface area contributed by atoms with Gasteiger partial charge in [-0.25, -0.2) is 0 Å². The average molecular weight is 401 g/mol. The van der Waals surface area contributed by atoms with E-state index >= 15 is 0 Å². The summed E-state index contributed by atoms with van der Waals surface area (Å²) in [5.41, 5.74) is 6.90.